The number of nitrogens with one attached hydrogen (secondary N) is 1. The summed E-state index contributed by atoms with van der Waals surface area (Å²) in [5, 5.41) is 3.12. The number of carbonyl (C=O) groups is 1. The van der Waals surface area contributed by atoms with E-state index in [2.05, 4.69) is 22.0 Å². The van der Waals surface area contributed by atoms with Crippen molar-refractivity contribution in [3.63, 3.8) is 0 Å². The molecule has 0 amide bonds. The summed E-state index contributed by atoms with van der Waals surface area (Å²) in [4.78, 5) is 13.1. The van der Waals surface area contributed by atoms with Gasteiger partial charge in [0.15, 0.2) is 0 Å². The van der Waals surface area contributed by atoms with Crippen LogP contribution in [-0.2, 0) is 9.53 Å². The maximum absolute atomic E-state index is 12.9. The van der Waals surface area contributed by atoms with E-state index in [0.29, 0.717) is 6.54 Å². The van der Waals surface area contributed by atoms with Crippen LogP contribution in [0.1, 0.15) is 25.7 Å². The molecule has 1 unspecified atom stereocenters. The van der Waals surface area contributed by atoms with E-state index in [1.807, 2.05) is 0 Å². The van der Waals surface area contributed by atoms with Crippen LogP contribution in [-0.4, -0.2) is 56.1 Å². The van der Waals surface area contributed by atoms with Gasteiger partial charge in [0.1, 0.15) is 6.10 Å². The maximum Gasteiger partial charge on any atom is 0.377 e. The summed E-state index contributed by atoms with van der Waals surface area (Å²) in [7, 11) is 2.13. The summed E-state index contributed by atoms with van der Waals surface area (Å²) in [5.74, 6) is -3.95. The standard InChI is InChI=1S/C13H22F2N2O2/c1-17-6-3-10(4-7-17)2-5-16-9-11-8-13(14,15)12(18)19-11/h10-11,16H,2-9H2,1H3. The van der Waals surface area contributed by atoms with Gasteiger partial charge in [-0.1, -0.05) is 0 Å². The minimum Gasteiger partial charge on any atom is -0.456 e. The number of piperidine rings is 1. The Morgan fingerprint density at radius 3 is 2.68 bits per heavy atom. The van der Waals surface area contributed by atoms with Crippen molar-refractivity contribution in [2.45, 2.75) is 37.7 Å². The van der Waals surface area contributed by atoms with E-state index >= 15 is 0 Å². The smallest absolute Gasteiger partial charge is 0.377 e. The fourth-order valence-corrected chi connectivity index (χ4v) is 2.68. The Kier molecular flexibility index (Phi) is 4.73. The van der Waals surface area contributed by atoms with E-state index in [4.69, 9.17) is 0 Å². The average molecular weight is 276 g/mol. The Morgan fingerprint density at radius 2 is 2.11 bits per heavy atom. The van der Waals surface area contributed by atoms with Crippen LogP contribution in [0.2, 0.25) is 0 Å². The second-order valence-electron chi connectivity index (χ2n) is 5.68. The molecular weight excluding hydrogens is 254 g/mol. The summed E-state index contributed by atoms with van der Waals surface area (Å²) in [6.45, 7) is 3.40. The Balaban J connectivity index is 1.57. The summed E-state index contributed by atoms with van der Waals surface area (Å²) < 4.78 is 30.5. The van der Waals surface area contributed by atoms with Crippen LogP contribution in [0.4, 0.5) is 8.78 Å². The van der Waals surface area contributed by atoms with Crippen molar-refractivity contribution in [3.05, 3.63) is 0 Å². The van der Waals surface area contributed by atoms with E-state index in [9.17, 15) is 13.6 Å². The van der Waals surface area contributed by atoms with Crippen molar-refractivity contribution in [3.8, 4) is 0 Å². The molecule has 0 aromatic rings. The second-order valence-corrected chi connectivity index (χ2v) is 5.68. The highest BCUT2D eigenvalue weighted by Crippen LogP contribution is 2.30. The predicted molar refractivity (Wildman–Crippen MR) is 67.2 cm³/mol. The molecule has 0 aromatic carbocycles. The molecule has 2 heterocycles. The molecule has 4 nitrogen and oxygen atoms in total. The molecule has 6 heteroatoms. The van der Waals surface area contributed by atoms with Gasteiger partial charge in [0.2, 0.25) is 0 Å². The highest BCUT2D eigenvalue weighted by Gasteiger charge is 2.50. The fourth-order valence-electron chi connectivity index (χ4n) is 2.68. The number of likely N-dealkylation sites (tertiary alicyclic amines) is 1. The Labute approximate surface area is 112 Å². The number of carbonyl (C=O) groups excluding carboxylic acids is 1. The molecule has 2 saturated heterocycles. The number of alkyl halides is 2. The molecule has 2 aliphatic rings. The average Bonchev–Trinajstić information content (AvgIpc) is 2.61. The third-order valence-electron chi connectivity index (χ3n) is 4.00. The maximum atomic E-state index is 12.9. The summed E-state index contributed by atoms with van der Waals surface area (Å²) in [5.41, 5.74) is 0. The molecule has 1 atom stereocenters. The van der Waals surface area contributed by atoms with Crippen molar-refractivity contribution in [2.75, 3.05) is 33.2 Å². The zero-order valence-electron chi connectivity index (χ0n) is 11.3. The lowest BCUT2D eigenvalue weighted by atomic mass is 9.94. The van der Waals surface area contributed by atoms with E-state index in [1.165, 1.54) is 12.8 Å². The first-order valence-electron chi connectivity index (χ1n) is 6.95. The number of cyclic esters (lactones) is 1. The topological polar surface area (TPSA) is 41.6 Å². The number of nitrogens with zero attached hydrogens (tertiary/aromatic N) is 1. The lowest BCUT2D eigenvalue weighted by molar-refractivity contribution is -0.159. The zero-order chi connectivity index (χ0) is 13.9. The summed E-state index contributed by atoms with van der Waals surface area (Å²) >= 11 is 0. The molecule has 0 aliphatic carbocycles. The van der Waals surface area contributed by atoms with Gasteiger partial charge in [0.05, 0.1) is 6.42 Å². The molecule has 2 fully saturated rings. The molecule has 1 N–H and O–H groups in total. The molecule has 110 valence electrons. The van der Waals surface area contributed by atoms with Gasteiger partial charge in [0.25, 0.3) is 0 Å². The minimum absolute atomic E-state index is 0.327. The van der Waals surface area contributed by atoms with Crippen LogP contribution >= 0.6 is 0 Å². The van der Waals surface area contributed by atoms with E-state index in [0.717, 1.165) is 32.0 Å². The van der Waals surface area contributed by atoms with Gasteiger partial charge < -0.3 is 15.0 Å². The van der Waals surface area contributed by atoms with Crippen molar-refractivity contribution in [1.29, 1.82) is 0 Å². The first kappa shape index (κ1) is 14.7. The van der Waals surface area contributed by atoms with Crippen LogP contribution in [0.5, 0.6) is 0 Å². The summed E-state index contributed by atoms with van der Waals surface area (Å²) in [6, 6.07) is 0. The SMILES string of the molecule is CN1CCC(CCNCC2CC(F)(F)C(=O)O2)CC1. The van der Waals surface area contributed by atoms with Gasteiger partial charge in [-0.05, 0) is 51.9 Å². The monoisotopic (exact) mass is 276 g/mol. The van der Waals surface area contributed by atoms with Crippen molar-refractivity contribution >= 4 is 5.97 Å². The second kappa shape index (κ2) is 6.13. The van der Waals surface area contributed by atoms with Gasteiger partial charge >= 0.3 is 11.9 Å². The molecule has 2 rings (SSSR count). The largest absolute Gasteiger partial charge is 0.456 e. The highest BCUT2D eigenvalue weighted by atomic mass is 19.3. The predicted octanol–water partition coefficient (Wildman–Crippen LogP) is 1.26. The third kappa shape index (κ3) is 4.11. The van der Waals surface area contributed by atoms with Crippen molar-refractivity contribution < 1.29 is 18.3 Å². The van der Waals surface area contributed by atoms with E-state index in [-0.39, 0.29) is 0 Å². The van der Waals surface area contributed by atoms with Crippen LogP contribution < -0.4 is 5.32 Å². The Morgan fingerprint density at radius 1 is 1.42 bits per heavy atom. The highest BCUT2D eigenvalue weighted by molar-refractivity contribution is 5.79. The number of halogens is 2. The van der Waals surface area contributed by atoms with E-state index < -0.39 is 24.4 Å². The number of hydrogen-bond donors (Lipinski definition) is 1. The molecule has 0 radical (unpaired) electrons. The van der Waals surface area contributed by atoms with Gasteiger partial charge in [0, 0.05) is 6.54 Å². The normalized spacial score (nSPS) is 28.6. The number of rotatable bonds is 5. The number of ether oxygens (including phenoxy) is 1. The molecule has 0 spiro atoms. The first-order chi connectivity index (χ1) is 8.97. The minimum atomic E-state index is -3.29. The number of esters is 1. The molecule has 2 aliphatic heterocycles. The molecular formula is C13H22F2N2O2. The molecule has 0 saturated carbocycles. The van der Waals surface area contributed by atoms with Gasteiger partial charge in [-0.25, -0.2) is 4.79 Å². The van der Waals surface area contributed by atoms with Crippen LogP contribution in [0, 0.1) is 5.92 Å². The van der Waals surface area contributed by atoms with Gasteiger partial charge in [-0.3, -0.25) is 0 Å². The van der Waals surface area contributed by atoms with E-state index in [1.54, 1.807) is 0 Å². The van der Waals surface area contributed by atoms with Gasteiger partial charge in [-0.2, -0.15) is 8.78 Å². The third-order valence-corrected chi connectivity index (χ3v) is 4.00. The lowest BCUT2D eigenvalue weighted by Crippen LogP contribution is -2.33. The van der Waals surface area contributed by atoms with Crippen LogP contribution in [0.15, 0.2) is 0 Å². The molecule has 19 heavy (non-hydrogen) atoms. The zero-order valence-corrected chi connectivity index (χ0v) is 11.3. The molecule has 0 aromatic heterocycles. The lowest BCUT2D eigenvalue weighted by Gasteiger charge is -2.29. The summed E-state index contributed by atoms with van der Waals surface area (Å²) in [6.07, 6.45) is 2.29. The van der Waals surface area contributed by atoms with Crippen molar-refractivity contribution in [1.82, 2.24) is 10.2 Å². The van der Waals surface area contributed by atoms with Crippen molar-refractivity contribution in [2.24, 2.45) is 5.92 Å². The Bertz CT molecular complexity index is 318. The number of hydrogen-bond acceptors (Lipinski definition) is 4. The molecule has 0 bridgehead atoms. The fraction of sp³-hybridized carbons (Fsp3) is 0.923. The van der Waals surface area contributed by atoms with Gasteiger partial charge in [-0.15, -0.1) is 0 Å². The van der Waals surface area contributed by atoms with Crippen LogP contribution in [0.25, 0.3) is 0 Å². The first-order valence-corrected chi connectivity index (χ1v) is 6.95. The quantitative estimate of drug-likeness (QED) is 0.606. The Hall–Kier alpha value is -0.750. The van der Waals surface area contributed by atoms with Crippen LogP contribution in [0.3, 0.4) is 0 Å².